The van der Waals surface area contributed by atoms with Crippen LogP contribution in [-0.2, 0) is 10.0 Å². The Hall–Kier alpha value is -1.37. The lowest BCUT2D eigenvalue weighted by Gasteiger charge is -2.30. The first kappa shape index (κ1) is 20.9. The van der Waals surface area contributed by atoms with Crippen molar-refractivity contribution >= 4 is 27.5 Å². The second-order valence-corrected chi connectivity index (χ2v) is 9.35. The van der Waals surface area contributed by atoms with E-state index in [2.05, 4.69) is 6.58 Å². The Kier molecular flexibility index (Phi) is 6.88. The molecule has 0 aliphatic carbocycles. The van der Waals surface area contributed by atoms with Crippen LogP contribution in [0.3, 0.4) is 0 Å². The third-order valence-electron chi connectivity index (χ3n) is 4.55. The van der Waals surface area contributed by atoms with E-state index in [1.165, 1.54) is 16.4 Å². The molecule has 1 aliphatic heterocycles. The van der Waals surface area contributed by atoms with Crippen molar-refractivity contribution in [1.29, 1.82) is 0 Å². The third-order valence-corrected chi connectivity index (χ3v) is 6.89. The minimum atomic E-state index is -3.72. The van der Waals surface area contributed by atoms with E-state index in [0.717, 1.165) is 18.4 Å². The predicted molar refractivity (Wildman–Crippen MR) is 105 cm³/mol. The second-order valence-electron chi connectivity index (χ2n) is 7.03. The summed E-state index contributed by atoms with van der Waals surface area (Å²) < 4.78 is 27.6. The molecule has 1 aromatic rings. The molecular formula is C19H27ClN2O3S. The van der Waals surface area contributed by atoms with Gasteiger partial charge in [-0.3, -0.25) is 4.79 Å². The average Bonchev–Trinajstić information content (AvgIpc) is 2.59. The Balaban J connectivity index is 2.37. The first-order valence-corrected chi connectivity index (χ1v) is 10.7. The number of carbonyl (C=O) groups is 1. The first-order valence-electron chi connectivity index (χ1n) is 8.90. The standard InChI is InChI=1S/C19H27ClN2O3S/c1-5-21(12-14(2)3)19(23)16-8-9-17(20)18(11-16)26(24,25)22-10-6-7-15(4)13-22/h8-9,11,15H,2,5-7,10,12-13H2,1,3-4H3/t15-/m0/s1. The van der Waals surface area contributed by atoms with Crippen LogP contribution in [0.25, 0.3) is 0 Å². The summed E-state index contributed by atoms with van der Waals surface area (Å²) in [7, 11) is -3.72. The molecular weight excluding hydrogens is 372 g/mol. The highest BCUT2D eigenvalue weighted by atomic mass is 35.5. The minimum Gasteiger partial charge on any atom is -0.335 e. The quantitative estimate of drug-likeness (QED) is 0.685. The summed E-state index contributed by atoms with van der Waals surface area (Å²) in [5, 5.41) is 0.141. The molecule has 1 aliphatic rings. The van der Waals surface area contributed by atoms with Crippen LogP contribution in [0.5, 0.6) is 0 Å². The fraction of sp³-hybridized carbons (Fsp3) is 0.526. The maximum atomic E-state index is 13.0. The number of carbonyl (C=O) groups excluding carboxylic acids is 1. The van der Waals surface area contributed by atoms with Crippen LogP contribution in [0.1, 0.15) is 44.0 Å². The van der Waals surface area contributed by atoms with E-state index in [1.54, 1.807) is 11.0 Å². The number of nitrogens with zero attached hydrogens (tertiary/aromatic N) is 2. The SMILES string of the molecule is C=C(C)CN(CC)C(=O)c1ccc(Cl)c(S(=O)(=O)N2CCC[C@H](C)C2)c1. The highest BCUT2D eigenvalue weighted by Crippen LogP contribution is 2.29. The fourth-order valence-corrected chi connectivity index (χ4v) is 5.27. The van der Waals surface area contributed by atoms with Gasteiger partial charge >= 0.3 is 0 Å². The van der Waals surface area contributed by atoms with Crippen LogP contribution in [-0.4, -0.2) is 49.7 Å². The topological polar surface area (TPSA) is 57.7 Å². The van der Waals surface area contributed by atoms with Crippen molar-refractivity contribution in [3.05, 3.63) is 40.9 Å². The lowest BCUT2D eigenvalue weighted by atomic mass is 10.0. The zero-order valence-corrected chi connectivity index (χ0v) is 17.2. The number of piperidine rings is 1. The summed E-state index contributed by atoms with van der Waals surface area (Å²) in [6, 6.07) is 4.47. The molecule has 0 spiro atoms. The zero-order valence-electron chi connectivity index (χ0n) is 15.7. The smallest absolute Gasteiger partial charge is 0.254 e. The lowest BCUT2D eigenvalue weighted by Crippen LogP contribution is -2.39. The highest BCUT2D eigenvalue weighted by Gasteiger charge is 2.31. The van der Waals surface area contributed by atoms with E-state index in [-0.39, 0.29) is 15.8 Å². The molecule has 1 fully saturated rings. The molecule has 5 nitrogen and oxygen atoms in total. The summed E-state index contributed by atoms with van der Waals surface area (Å²) in [4.78, 5) is 14.4. The molecule has 0 unspecified atom stereocenters. The van der Waals surface area contributed by atoms with E-state index in [9.17, 15) is 13.2 Å². The molecule has 0 N–H and O–H groups in total. The number of likely N-dealkylation sites (N-methyl/N-ethyl adjacent to an activating group) is 1. The van der Waals surface area contributed by atoms with E-state index < -0.39 is 10.0 Å². The highest BCUT2D eigenvalue weighted by molar-refractivity contribution is 7.89. The van der Waals surface area contributed by atoms with Crippen LogP contribution in [0.15, 0.2) is 35.2 Å². The average molecular weight is 399 g/mol. The molecule has 2 rings (SSSR count). The maximum Gasteiger partial charge on any atom is 0.254 e. The number of halogens is 1. The van der Waals surface area contributed by atoms with Gasteiger partial charge in [-0.15, -0.1) is 0 Å². The zero-order chi connectivity index (χ0) is 19.5. The third kappa shape index (κ3) is 4.67. The largest absolute Gasteiger partial charge is 0.335 e. The van der Waals surface area contributed by atoms with Gasteiger partial charge in [-0.1, -0.05) is 30.7 Å². The Morgan fingerprint density at radius 2 is 2.12 bits per heavy atom. The molecule has 26 heavy (non-hydrogen) atoms. The molecule has 1 heterocycles. The Morgan fingerprint density at radius 3 is 2.69 bits per heavy atom. The number of hydrogen-bond donors (Lipinski definition) is 0. The number of hydrogen-bond acceptors (Lipinski definition) is 3. The van der Waals surface area contributed by atoms with E-state index in [0.29, 0.717) is 37.7 Å². The van der Waals surface area contributed by atoms with Crippen molar-refractivity contribution in [3.63, 3.8) is 0 Å². The summed E-state index contributed by atoms with van der Waals surface area (Å²) >= 11 is 6.19. The van der Waals surface area contributed by atoms with Crippen molar-refractivity contribution in [2.45, 2.75) is 38.5 Å². The van der Waals surface area contributed by atoms with Crippen molar-refractivity contribution < 1.29 is 13.2 Å². The summed E-state index contributed by atoms with van der Waals surface area (Å²) in [5.41, 5.74) is 1.19. The van der Waals surface area contributed by atoms with Gasteiger partial charge in [-0.25, -0.2) is 8.42 Å². The summed E-state index contributed by atoms with van der Waals surface area (Å²) in [5.74, 6) is 0.0869. The predicted octanol–water partition coefficient (Wildman–Crippen LogP) is 3.80. The maximum absolute atomic E-state index is 13.0. The summed E-state index contributed by atoms with van der Waals surface area (Å²) in [6.07, 6.45) is 1.85. The lowest BCUT2D eigenvalue weighted by molar-refractivity contribution is 0.0778. The number of rotatable bonds is 6. The first-order chi connectivity index (χ1) is 12.2. The molecule has 144 valence electrons. The van der Waals surface area contributed by atoms with Gasteiger partial charge in [0.25, 0.3) is 5.91 Å². The van der Waals surface area contributed by atoms with E-state index in [4.69, 9.17) is 11.6 Å². The van der Waals surface area contributed by atoms with Crippen LogP contribution in [0, 0.1) is 5.92 Å². The molecule has 0 bridgehead atoms. The molecule has 7 heteroatoms. The molecule has 0 aromatic heterocycles. The van der Waals surface area contributed by atoms with Crippen molar-refractivity contribution in [2.75, 3.05) is 26.2 Å². The Labute approximate surface area is 161 Å². The molecule has 1 aromatic carbocycles. The van der Waals surface area contributed by atoms with Gasteiger partial charge in [0.15, 0.2) is 0 Å². The Bertz CT molecular complexity index is 792. The van der Waals surface area contributed by atoms with Gasteiger partial charge < -0.3 is 4.90 Å². The van der Waals surface area contributed by atoms with Gasteiger partial charge in [-0.05, 0) is 50.8 Å². The normalized spacial score (nSPS) is 18.5. The van der Waals surface area contributed by atoms with Crippen LogP contribution in [0.2, 0.25) is 5.02 Å². The molecule has 1 saturated heterocycles. The monoisotopic (exact) mass is 398 g/mol. The molecule has 1 amide bonds. The van der Waals surface area contributed by atoms with Crippen LogP contribution in [0.4, 0.5) is 0 Å². The second kappa shape index (κ2) is 8.55. The fourth-order valence-electron chi connectivity index (χ4n) is 3.17. The minimum absolute atomic E-state index is 0.00509. The summed E-state index contributed by atoms with van der Waals surface area (Å²) in [6.45, 7) is 11.5. The molecule has 0 saturated carbocycles. The number of amides is 1. The molecule has 1 atom stereocenters. The number of benzene rings is 1. The van der Waals surface area contributed by atoms with Crippen molar-refractivity contribution in [2.24, 2.45) is 5.92 Å². The van der Waals surface area contributed by atoms with E-state index in [1.807, 2.05) is 20.8 Å². The van der Waals surface area contributed by atoms with Crippen LogP contribution >= 0.6 is 11.6 Å². The van der Waals surface area contributed by atoms with E-state index >= 15 is 0 Å². The van der Waals surface area contributed by atoms with Crippen molar-refractivity contribution in [3.8, 4) is 0 Å². The Morgan fingerprint density at radius 1 is 1.42 bits per heavy atom. The van der Waals surface area contributed by atoms with Gasteiger partial charge in [0.05, 0.1) is 5.02 Å². The van der Waals surface area contributed by atoms with Gasteiger partial charge in [-0.2, -0.15) is 4.31 Å². The molecule has 0 radical (unpaired) electrons. The van der Waals surface area contributed by atoms with Gasteiger partial charge in [0, 0.05) is 31.7 Å². The van der Waals surface area contributed by atoms with Crippen LogP contribution < -0.4 is 0 Å². The van der Waals surface area contributed by atoms with Crippen molar-refractivity contribution in [1.82, 2.24) is 9.21 Å². The van der Waals surface area contributed by atoms with Gasteiger partial charge in [0.2, 0.25) is 10.0 Å². The van der Waals surface area contributed by atoms with Gasteiger partial charge in [0.1, 0.15) is 4.90 Å². The number of sulfonamides is 1.